The largest absolute Gasteiger partial charge is 0.385 e. The Kier molecular flexibility index (Phi) is 6.75. The number of likely N-dealkylation sites (tertiary alicyclic amines) is 1. The van der Waals surface area contributed by atoms with Gasteiger partial charge < -0.3 is 15.0 Å². The topological polar surface area (TPSA) is 41.6 Å². The fourth-order valence-corrected chi connectivity index (χ4v) is 3.17. The van der Waals surface area contributed by atoms with E-state index in [1.807, 2.05) is 0 Å². The molecule has 1 fully saturated rings. The highest BCUT2D eigenvalue weighted by Crippen LogP contribution is 2.26. The first-order valence-electron chi connectivity index (χ1n) is 8.73. The molecule has 0 aliphatic carbocycles. The molecule has 2 rings (SSSR count). The van der Waals surface area contributed by atoms with E-state index in [2.05, 4.69) is 24.1 Å². The number of carbonyl (C=O) groups excluding carboxylic acids is 1. The Hall–Kier alpha value is -1.46. The van der Waals surface area contributed by atoms with Crippen molar-refractivity contribution in [2.45, 2.75) is 38.6 Å². The normalized spacial score (nSPS) is 21.4. The molecule has 24 heavy (non-hydrogen) atoms. The Balaban J connectivity index is 2.02. The van der Waals surface area contributed by atoms with Gasteiger partial charge in [-0.1, -0.05) is 13.8 Å². The molecule has 1 unspecified atom stereocenters. The summed E-state index contributed by atoms with van der Waals surface area (Å²) in [6.07, 6.45) is 2.86. The zero-order valence-electron chi connectivity index (χ0n) is 15.0. The standard InChI is InChI=1S/C19H29FN2O2/c1-15(2)8-11-22-12-9-19(14-22,10-13-24-3)21-18(23)16-4-6-17(20)7-5-16/h4-7,15H,8-14H2,1-3H3,(H,21,23). The van der Waals surface area contributed by atoms with Gasteiger partial charge in [0.15, 0.2) is 0 Å². The van der Waals surface area contributed by atoms with Crippen LogP contribution in [0.3, 0.4) is 0 Å². The SMILES string of the molecule is COCCC1(NC(=O)c2ccc(F)cc2)CCN(CCC(C)C)C1. The Labute approximate surface area is 144 Å². The molecule has 0 bridgehead atoms. The molecule has 134 valence electrons. The van der Waals surface area contributed by atoms with Crippen LogP contribution in [0.4, 0.5) is 4.39 Å². The van der Waals surface area contributed by atoms with Crippen molar-refractivity contribution in [1.29, 1.82) is 0 Å². The van der Waals surface area contributed by atoms with Crippen molar-refractivity contribution in [3.05, 3.63) is 35.6 Å². The van der Waals surface area contributed by atoms with E-state index in [-0.39, 0.29) is 17.3 Å². The molecular weight excluding hydrogens is 307 g/mol. The van der Waals surface area contributed by atoms with E-state index in [1.165, 1.54) is 24.3 Å². The molecule has 0 spiro atoms. The summed E-state index contributed by atoms with van der Waals surface area (Å²) in [5, 5.41) is 3.20. The fraction of sp³-hybridized carbons (Fsp3) is 0.632. The van der Waals surface area contributed by atoms with Gasteiger partial charge in [-0.2, -0.15) is 0 Å². The predicted octanol–water partition coefficient (Wildman–Crippen LogP) is 3.08. The maximum absolute atomic E-state index is 13.0. The van der Waals surface area contributed by atoms with Gasteiger partial charge in [0.25, 0.3) is 5.91 Å². The van der Waals surface area contributed by atoms with Crippen LogP contribution < -0.4 is 5.32 Å². The average Bonchev–Trinajstić information content (AvgIpc) is 2.95. The number of hydrogen-bond acceptors (Lipinski definition) is 3. The lowest BCUT2D eigenvalue weighted by Crippen LogP contribution is -2.51. The van der Waals surface area contributed by atoms with Crippen LogP contribution in [0.15, 0.2) is 24.3 Å². The van der Waals surface area contributed by atoms with Crippen molar-refractivity contribution >= 4 is 5.91 Å². The first kappa shape index (κ1) is 18.9. The van der Waals surface area contributed by atoms with E-state index in [1.54, 1.807) is 7.11 Å². The lowest BCUT2D eigenvalue weighted by atomic mass is 9.93. The number of halogens is 1. The van der Waals surface area contributed by atoms with E-state index >= 15 is 0 Å². The van der Waals surface area contributed by atoms with Crippen LogP contribution in [-0.2, 0) is 4.74 Å². The summed E-state index contributed by atoms with van der Waals surface area (Å²) in [6.45, 7) is 7.95. The van der Waals surface area contributed by atoms with Crippen molar-refractivity contribution in [3.63, 3.8) is 0 Å². The number of amides is 1. The van der Waals surface area contributed by atoms with Crippen molar-refractivity contribution in [1.82, 2.24) is 10.2 Å². The van der Waals surface area contributed by atoms with E-state index in [9.17, 15) is 9.18 Å². The second-order valence-electron chi connectivity index (χ2n) is 7.19. The van der Waals surface area contributed by atoms with Crippen LogP contribution in [0.5, 0.6) is 0 Å². The average molecular weight is 336 g/mol. The van der Waals surface area contributed by atoms with E-state index in [0.29, 0.717) is 18.1 Å². The Morgan fingerprint density at radius 1 is 1.38 bits per heavy atom. The molecule has 4 nitrogen and oxygen atoms in total. The Morgan fingerprint density at radius 3 is 2.71 bits per heavy atom. The van der Waals surface area contributed by atoms with E-state index in [4.69, 9.17) is 4.74 Å². The second kappa shape index (κ2) is 8.58. The number of rotatable bonds is 8. The van der Waals surface area contributed by atoms with Crippen molar-refractivity contribution in [2.75, 3.05) is 33.4 Å². The van der Waals surface area contributed by atoms with Gasteiger partial charge >= 0.3 is 0 Å². The number of methoxy groups -OCH3 is 1. The van der Waals surface area contributed by atoms with Crippen LogP contribution in [0.2, 0.25) is 0 Å². The van der Waals surface area contributed by atoms with Crippen molar-refractivity contribution in [2.24, 2.45) is 5.92 Å². The third kappa shape index (κ3) is 5.28. The molecule has 1 aliphatic heterocycles. The van der Waals surface area contributed by atoms with Crippen molar-refractivity contribution in [3.8, 4) is 0 Å². The van der Waals surface area contributed by atoms with Gasteiger partial charge in [0.2, 0.25) is 0 Å². The summed E-state index contributed by atoms with van der Waals surface area (Å²) in [5.74, 6) is 0.200. The lowest BCUT2D eigenvalue weighted by molar-refractivity contribution is 0.0864. The third-order valence-electron chi connectivity index (χ3n) is 4.73. The first-order valence-corrected chi connectivity index (χ1v) is 8.73. The number of nitrogens with one attached hydrogen (secondary N) is 1. The van der Waals surface area contributed by atoms with Crippen LogP contribution >= 0.6 is 0 Å². The fourth-order valence-electron chi connectivity index (χ4n) is 3.17. The first-order chi connectivity index (χ1) is 11.4. The molecular formula is C19H29FN2O2. The third-order valence-corrected chi connectivity index (χ3v) is 4.73. The molecule has 0 saturated carbocycles. The number of benzene rings is 1. The van der Waals surface area contributed by atoms with Gasteiger partial charge in [-0.05, 0) is 56.0 Å². The smallest absolute Gasteiger partial charge is 0.251 e. The molecule has 5 heteroatoms. The zero-order valence-corrected chi connectivity index (χ0v) is 15.0. The molecule has 1 atom stereocenters. The highest BCUT2D eigenvalue weighted by Gasteiger charge is 2.39. The molecule has 1 amide bonds. The minimum atomic E-state index is -0.332. The minimum absolute atomic E-state index is 0.142. The molecule has 1 aliphatic rings. The molecule has 0 radical (unpaired) electrons. The van der Waals surface area contributed by atoms with Gasteiger partial charge in [-0.25, -0.2) is 4.39 Å². The molecule has 1 heterocycles. The van der Waals surface area contributed by atoms with Gasteiger partial charge in [-0.15, -0.1) is 0 Å². The number of ether oxygens (including phenoxy) is 1. The van der Waals surface area contributed by atoms with Crippen LogP contribution in [-0.4, -0.2) is 49.7 Å². The Bertz CT molecular complexity index is 533. The van der Waals surface area contributed by atoms with Gasteiger partial charge in [-0.3, -0.25) is 4.79 Å². The summed E-state index contributed by atoms with van der Waals surface area (Å²) in [4.78, 5) is 15.0. The van der Waals surface area contributed by atoms with Crippen LogP contribution in [0.1, 0.15) is 43.5 Å². The lowest BCUT2D eigenvalue weighted by Gasteiger charge is -2.31. The number of nitrogens with zero attached hydrogens (tertiary/aromatic N) is 1. The van der Waals surface area contributed by atoms with Gasteiger partial charge in [0.1, 0.15) is 5.82 Å². The highest BCUT2D eigenvalue weighted by atomic mass is 19.1. The summed E-state index contributed by atoms with van der Waals surface area (Å²) >= 11 is 0. The molecule has 1 aromatic carbocycles. The molecule has 1 saturated heterocycles. The highest BCUT2D eigenvalue weighted by molar-refractivity contribution is 5.94. The quantitative estimate of drug-likeness (QED) is 0.793. The predicted molar refractivity (Wildman–Crippen MR) is 93.6 cm³/mol. The van der Waals surface area contributed by atoms with Gasteiger partial charge in [0, 0.05) is 32.4 Å². The van der Waals surface area contributed by atoms with Crippen LogP contribution in [0, 0.1) is 11.7 Å². The molecule has 0 aromatic heterocycles. The van der Waals surface area contributed by atoms with Gasteiger partial charge in [0.05, 0.1) is 5.54 Å². The van der Waals surface area contributed by atoms with E-state index < -0.39 is 0 Å². The Morgan fingerprint density at radius 2 is 2.08 bits per heavy atom. The molecule has 1 aromatic rings. The zero-order chi connectivity index (χ0) is 17.6. The number of hydrogen-bond donors (Lipinski definition) is 1. The summed E-state index contributed by atoms with van der Waals surface area (Å²) < 4.78 is 18.3. The summed E-state index contributed by atoms with van der Waals surface area (Å²) in [5.41, 5.74) is 0.229. The molecule has 1 N–H and O–H groups in total. The summed E-state index contributed by atoms with van der Waals surface area (Å²) in [7, 11) is 1.68. The monoisotopic (exact) mass is 336 g/mol. The van der Waals surface area contributed by atoms with Crippen molar-refractivity contribution < 1.29 is 13.9 Å². The minimum Gasteiger partial charge on any atom is -0.385 e. The van der Waals surface area contributed by atoms with Crippen LogP contribution in [0.25, 0.3) is 0 Å². The second-order valence-corrected chi connectivity index (χ2v) is 7.19. The number of carbonyl (C=O) groups is 1. The summed E-state index contributed by atoms with van der Waals surface area (Å²) in [6, 6.07) is 5.70. The van der Waals surface area contributed by atoms with E-state index in [0.717, 1.165) is 38.9 Å². The maximum atomic E-state index is 13.0. The maximum Gasteiger partial charge on any atom is 0.251 e.